The van der Waals surface area contributed by atoms with E-state index in [1.807, 2.05) is 0 Å². The molecule has 0 fully saturated rings. The van der Waals surface area contributed by atoms with Crippen LogP contribution in [0.25, 0.3) is 0 Å². The van der Waals surface area contributed by atoms with E-state index in [1.165, 1.54) is 0 Å². The predicted molar refractivity (Wildman–Crippen MR) is 37.8 cm³/mol. The second-order valence-electron chi connectivity index (χ2n) is 1.92. The summed E-state index contributed by atoms with van der Waals surface area (Å²) < 4.78 is 21.0. The summed E-state index contributed by atoms with van der Waals surface area (Å²) in [5.74, 6) is -3.31. The summed E-state index contributed by atoms with van der Waals surface area (Å²) in [6, 6.07) is 0. The summed E-state index contributed by atoms with van der Waals surface area (Å²) in [7, 11) is 2.11. The average molecular weight is 176 g/mol. The van der Waals surface area contributed by atoms with Gasteiger partial charge in [0, 0.05) is 0 Å². The van der Waals surface area contributed by atoms with Crippen LogP contribution in [0.3, 0.4) is 0 Å². The molecule has 12 heavy (non-hydrogen) atoms. The summed E-state index contributed by atoms with van der Waals surface area (Å²) in [5, 5.41) is 0. The number of methoxy groups -OCH3 is 2. The number of esters is 2. The molecule has 0 heterocycles. The Kier molecular flexibility index (Phi) is 3.96. The van der Waals surface area contributed by atoms with Crippen molar-refractivity contribution in [3.8, 4) is 0 Å². The van der Waals surface area contributed by atoms with Crippen molar-refractivity contribution < 1.29 is 23.5 Å². The molecule has 0 atom stereocenters. The molecule has 68 valence electrons. The fourth-order valence-electron chi connectivity index (χ4n) is 0.485. The zero-order valence-corrected chi connectivity index (χ0v) is 7.01. The molecule has 0 saturated carbocycles. The molecule has 0 bridgehead atoms. The fourth-order valence-corrected chi connectivity index (χ4v) is 0.485. The highest BCUT2D eigenvalue weighted by molar-refractivity contribution is 5.98. The number of halogens is 1. The number of ether oxygens (including phenoxy) is 2. The highest BCUT2D eigenvalue weighted by atomic mass is 19.1. The minimum atomic E-state index is -1.23. The highest BCUT2D eigenvalue weighted by Crippen LogP contribution is 2.08. The monoisotopic (exact) mass is 176 g/mol. The number of rotatable bonds is 2. The summed E-state index contributed by atoms with van der Waals surface area (Å²) in [4.78, 5) is 21.2. The quantitative estimate of drug-likeness (QED) is 0.456. The Balaban J connectivity index is 4.68. The molecule has 0 amide bonds. The van der Waals surface area contributed by atoms with E-state index in [0.717, 1.165) is 21.1 Å². The summed E-state index contributed by atoms with van der Waals surface area (Å²) >= 11 is 0. The van der Waals surface area contributed by atoms with Gasteiger partial charge in [0.05, 0.1) is 19.8 Å². The Bertz CT molecular complexity index is 208. The maximum atomic E-state index is 12.7. The van der Waals surface area contributed by atoms with Crippen LogP contribution in [0.2, 0.25) is 0 Å². The molecular formula is C7H9FO4. The van der Waals surface area contributed by atoms with Gasteiger partial charge in [0.15, 0.2) is 0 Å². The van der Waals surface area contributed by atoms with Gasteiger partial charge in [-0.15, -0.1) is 0 Å². The molecule has 5 heteroatoms. The Morgan fingerprint density at radius 1 is 1.08 bits per heavy atom. The lowest BCUT2D eigenvalue weighted by molar-refractivity contribution is -0.140. The van der Waals surface area contributed by atoms with Crippen LogP contribution < -0.4 is 0 Å². The van der Waals surface area contributed by atoms with E-state index in [1.54, 1.807) is 0 Å². The van der Waals surface area contributed by atoms with Gasteiger partial charge >= 0.3 is 11.9 Å². The van der Waals surface area contributed by atoms with E-state index in [2.05, 4.69) is 9.47 Å². The van der Waals surface area contributed by atoms with E-state index in [-0.39, 0.29) is 0 Å². The van der Waals surface area contributed by atoms with Crippen LogP contribution in [0.15, 0.2) is 11.4 Å². The van der Waals surface area contributed by atoms with Crippen LogP contribution in [0.4, 0.5) is 4.39 Å². The number of carbonyl (C=O) groups excluding carboxylic acids is 2. The Morgan fingerprint density at radius 2 is 1.50 bits per heavy atom. The molecule has 0 aromatic heterocycles. The van der Waals surface area contributed by atoms with E-state index in [4.69, 9.17) is 0 Å². The zero-order chi connectivity index (χ0) is 9.72. The second-order valence-corrected chi connectivity index (χ2v) is 1.92. The lowest BCUT2D eigenvalue weighted by Gasteiger charge is -1.99. The third kappa shape index (κ3) is 2.34. The molecule has 0 N–H and O–H groups in total. The van der Waals surface area contributed by atoms with Crippen molar-refractivity contribution in [2.24, 2.45) is 0 Å². The van der Waals surface area contributed by atoms with Crippen molar-refractivity contribution in [3.63, 3.8) is 0 Å². The van der Waals surface area contributed by atoms with Crippen LogP contribution in [0.1, 0.15) is 6.92 Å². The first kappa shape index (κ1) is 10.6. The molecule has 0 saturated heterocycles. The van der Waals surface area contributed by atoms with Crippen LogP contribution in [-0.2, 0) is 19.1 Å². The number of hydrogen-bond donors (Lipinski definition) is 0. The topological polar surface area (TPSA) is 52.6 Å². The van der Waals surface area contributed by atoms with Crippen molar-refractivity contribution in [2.75, 3.05) is 14.2 Å². The van der Waals surface area contributed by atoms with Crippen molar-refractivity contribution in [1.82, 2.24) is 0 Å². The molecule has 0 radical (unpaired) electrons. The second kappa shape index (κ2) is 4.48. The van der Waals surface area contributed by atoms with E-state index in [9.17, 15) is 14.0 Å². The van der Waals surface area contributed by atoms with Crippen molar-refractivity contribution in [3.05, 3.63) is 11.4 Å². The standard InChI is InChI=1S/C7H9FO4/c1-4(6(9)11-2)5(8)7(10)12-3/h1-3H3. The van der Waals surface area contributed by atoms with Gasteiger partial charge < -0.3 is 9.47 Å². The lowest BCUT2D eigenvalue weighted by Crippen LogP contribution is -2.09. The smallest absolute Gasteiger partial charge is 0.367 e. The molecule has 4 nitrogen and oxygen atoms in total. The molecule has 0 rings (SSSR count). The molecule has 0 aliphatic carbocycles. The molecule has 0 spiro atoms. The SMILES string of the molecule is COC(=O)C(C)=C(F)C(=O)OC. The van der Waals surface area contributed by atoms with Gasteiger partial charge in [0.2, 0.25) is 5.83 Å². The fraction of sp³-hybridized carbons (Fsp3) is 0.429. The van der Waals surface area contributed by atoms with Crippen LogP contribution in [0, 0.1) is 0 Å². The maximum absolute atomic E-state index is 12.7. The van der Waals surface area contributed by atoms with Gasteiger partial charge in [0.1, 0.15) is 0 Å². The van der Waals surface area contributed by atoms with Gasteiger partial charge in [-0.2, -0.15) is 4.39 Å². The van der Waals surface area contributed by atoms with Gasteiger partial charge in [-0.25, -0.2) is 9.59 Å². The highest BCUT2D eigenvalue weighted by Gasteiger charge is 2.17. The van der Waals surface area contributed by atoms with Crippen molar-refractivity contribution in [2.45, 2.75) is 6.92 Å². The minimum Gasteiger partial charge on any atom is -0.466 e. The molecule has 0 aliphatic heterocycles. The third-order valence-corrected chi connectivity index (χ3v) is 1.19. The number of hydrogen-bond acceptors (Lipinski definition) is 4. The minimum absolute atomic E-state index is 0.399. The predicted octanol–water partition coefficient (Wildman–Crippen LogP) is 0.576. The summed E-state index contributed by atoms with van der Waals surface area (Å²) in [6.45, 7) is 1.14. The van der Waals surface area contributed by atoms with Gasteiger partial charge in [-0.1, -0.05) is 0 Å². The lowest BCUT2D eigenvalue weighted by atomic mass is 10.3. The molecular weight excluding hydrogens is 167 g/mol. The maximum Gasteiger partial charge on any atom is 0.367 e. The summed E-state index contributed by atoms with van der Waals surface area (Å²) in [6.07, 6.45) is 0. The van der Waals surface area contributed by atoms with E-state index in [0.29, 0.717) is 0 Å². The van der Waals surface area contributed by atoms with Crippen molar-refractivity contribution >= 4 is 11.9 Å². The Morgan fingerprint density at radius 3 is 1.83 bits per heavy atom. The molecule has 0 aromatic rings. The van der Waals surface area contributed by atoms with Gasteiger partial charge in [-0.05, 0) is 6.92 Å². The first-order chi connectivity index (χ1) is 5.54. The molecule has 0 unspecified atom stereocenters. The zero-order valence-electron chi connectivity index (χ0n) is 7.01. The van der Waals surface area contributed by atoms with Gasteiger partial charge in [-0.3, -0.25) is 0 Å². The van der Waals surface area contributed by atoms with Gasteiger partial charge in [0.25, 0.3) is 0 Å². The van der Waals surface area contributed by atoms with E-state index < -0.39 is 23.3 Å². The van der Waals surface area contributed by atoms with Crippen molar-refractivity contribution in [1.29, 1.82) is 0 Å². The summed E-state index contributed by atoms with van der Waals surface area (Å²) in [5.41, 5.74) is -0.399. The van der Waals surface area contributed by atoms with E-state index >= 15 is 0 Å². The normalized spacial score (nSPS) is 11.7. The largest absolute Gasteiger partial charge is 0.466 e. The first-order valence-corrected chi connectivity index (χ1v) is 3.07. The third-order valence-electron chi connectivity index (χ3n) is 1.19. The molecule has 0 aromatic carbocycles. The average Bonchev–Trinajstić information content (AvgIpc) is 2.12. The molecule has 0 aliphatic rings. The Hall–Kier alpha value is -1.39. The van der Waals surface area contributed by atoms with Crippen LogP contribution >= 0.6 is 0 Å². The number of carbonyl (C=O) groups is 2. The first-order valence-electron chi connectivity index (χ1n) is 3.07. The Labute approximate surface area is 69.0 Å². The van der Waals surface area contributed by atoms with Crippen LogP contribution in [0.5, 0.6) is 0 Å². The van der Waals surface area contributed by atoms with Crippen LogP contribution in [-0.4, -0.2) is 26.2 Å².